The van der Waals surface area contributed by atoms with Gasteiger partial charge in [-0.25, -0.2) is 0 Å². The zero-order valence-corrected chi connectivity index (χ0v) is 14.1. The molecular formula is C16H17BrClNO2. The third kappa shape index (κ3) is 5.23. The molecule has 2 rings (SSSR count). The normalized spacial score (nSPS) is 10.4. The fourth-order valence-electron chi connectivity index (χ4n) is 1.86. The average molecular weight is 371 g/mol. The standard InChI is InChI=1S/C16H17BrClNO2/c1-19-11-12-10-14(18)4-7-16(12)21-9-8-20-15-5-2-13(17)3-6-15/h2-7,10,19H,8-9,11H2,1H3. The molecule has 0 bridgehead atoms. The van der Waals surface area contributed by atoms with E-state index in [4.69, 9.17) is 21.1 Å². The van der Waals surface area contributed by atoms with Crippen LogP contribution in [0.1, 0.15) is 5.56 Å². The monoisotopic (exact) mass is 369 g/mol. The van der Waals surface area contributed by atoms with Crippen molar-refractivity contribution >= 4 is 27.5 Å². The van der Waals surface area contributed by atoms with Gasteiger partial charge in [-0.2, -0.15) is 0 Å². The van der Waals surface area contributed by atoms with Crippen LogP contribution in [0.2, 0.25) is 5.02 Å². The van der Waals surface area contributed by atoms with E-state index in [0.717, 1.165) is 21.5 Å². The number of hydrogen-bond acceptors (Lipinski definition) is 3. The van der Waals surface area contributed by atoms with Crippen LogP contribution in [0.3, 0.4) is 0 Å². The Kier molecular flexibility index (Phi) is 6.36. The predicted molar refractivity (Wildman–Crippen MR) is 89.3 cm³/mol. The minimum absolute atomic E-state index is 0.481. The summed E-state index contributed by atoms with van der Waals surface area (Å²) in [4.78, 5) is 0. The highest BCUT2D eigenvalue weighted by Crippen LogP contribution is 2.23. The molecule has 0 saturated carbocycles. The van der Waals surface area contributed by atoms with Crippen molar-refractivity contribution in [3.63, 3.8) is 0 Å². The third-order valence-electron chi connectivity index (χ3n) is 2.81. The highest BCUT2D eigenvalue weighted by atomic mass is 79.9. The van der Waals surface area contributed by atoms with Crippen molar-refractivity contribution in [3.05, 3.63) is 57.5 Å². The molecular weight excluding hydrogens is 354 g/mol. The van der Waals surface area contributed by atoms with Gasteiger partial charge >= 0.3 is 0 Å². The molecule has 0 atom stereocenters. The molecule has 0 fully saturated rings. The molecule has 1 N–H and O–H groups in total. The number of rotatable bonds is 7. The summed E-state index contributed by atoms with van der Waals surface area (Å²) < 4.78 is 12.4. The summed E-state index contributed by atoms with van der Waals surface area (Å²) in [5.41, 5.74) is 1.04. The van der Waals surface area contributed by atoms with Crippen LogP contribution in [0.15, 0.2) is 46.9 Å². The van der Waals surface area contributed by atoms with Crippen molar-refractivity contribution in [2.45, 2.75) is 6.54 Å². The smallest absolute Gasteiger partial charge is 0.124 e. The maximum atomic E-state index is 5.99. The highest BCUT2D eigenvalue weighted by molar-refractivity contribution is 9.10. The summed E-state index contributed by atoms with van der Waals surface area (Å²) in [6.45, 7) is 1.68. The first-order valence-corrected chi connectivity index (χ1v) is 7.80. The number of benzene rings is 2. The Morgan fingerprint density at radius 1 is 1.05 bits per heavy atom. The van der Waals surface area contributed by atoms with E-state index >= 15 is 0 Å². The molecule has 3 nitrogen and oxygen atoms in total. The Labute approximate surface area is 138 Å². The third-order valence-corrected chi connectivity index (χ3v) is 3.58. The van der Waals surface area contributed by atoms with Crippen molar-refractivity contribution in [1.29, 1.82) is 0 Å². The van der Waals surface area contributed by atoms with Crippen molar-refractivity contribution in [2.24, 2.45) is 0 Å². The minimum Gasteiger partial charge on any atom is -0.490 e. The summed E-state index contributed by atoms with van der Waals surface area (Å²) in [5.74, 6) is 1.65. The van der Waals surface area contributed by atoms with Crippen LogP contribution in [-0.2, 0) is 6.54 Å². The van der Waals surface area contributed by atoms with Gasteiger partial charge in [0.2, 0.25) is 0 Å². The lowest BCUT2D eigenvalue weighted by atomic mass is 10.2. The summed E-state index contributed by atoms with van der Waals surface area (Å²) >= 11 is 9.38. The van der Waals surface area contributed by atoms with E-state index in [1.165, 1.54) is 0 Å². The lowest BCUT2D eigenvalue weighted by Crippen LogP contribution is -2.12. The highest BCUT2D eigenvalue weighted by Gasteiger charge is 2.04. The maximum Gasteiger partial charge on any atom is 0.124 e. The van der Waals surface area contributed by atoms with Crippen LogP contribution in [0.25, 0.3) is 0 Å². The van der Waals surface area contributed by atoms with Gasteiger partial charge in [0, 0.05) is 21.6 Å². The molecule has 0 saturated heterocycles. The molecule has 112 valence electrons. The Bertz CT molecular complexity index is 575. The van der Waals surface area contributed by atoms with Crippen molar-refractivity contribution in [3.8, 4) is 11.5 Å². The number of halogens is 2. The van der Waals surface area contributed by atoms with Gasteiger partial charge in [-0.15, -0.1) is 0 Å². The van der Waals surface area contributed by atoms with Crippen LogP contribution in [0.4, 0.5) is 0 Å². The van der Waals surface area contributed by atoms with Gasteiger partial charge in [-0.05, 0) is 49.5 Å². The van der Waals surface area contributed by atoms with Crippen molar-refractivity contribution in [2.75, 3.05) is 20.3 Å². The van der Waals surface area contributed by atoms with Crippen molar-refractivity contribution < 1.29 is 9.47 Å². The predicted octanol–water partition coefficient (Wildman–Crippen LogP) is 4.28. The zero-order valence-electron chi connectivity index (χ0n) is 11.7. The molecule has 0 heterocycles. The fourth-order valence-corrected chi connectivity index (χ4v) is 2.32. The summed E-state index contributed by atoms with van der Waals surface area (Å²) in [6, 6.07) is 13.3. The number of nitrogens with one attached hydrogen (secondary N) is 1. The molecule has 0 spiro atoms. The van der Waals surface area contributed by atoms with Crippen LogP contribution in [0, 0.1) is 0 Å². The first-order valence-electron chi connectivity index (χ1n) is 6.63. The maximum absolute atomic E-state index is 5.99. The molecule has 0 unspecified atom stereocenters. The number of hydrogen-bond donors (Lipinski definition) is 1. The van der Waals surface area contributed by atoms with Crippen LogP contribution in [0.5, 0.6) is 11.5 Å². The second-order valence-electron chi connectivity index (χ2n) is 4.43. The van der Waals surface area contributed by atoms with Gasteiger partial charge in [-0.3, -0.25) is 0 Å². The van der Waals surface area contributed by atoms with E-state index < -0.39 is 0 Å². The Balaban J connectivity index is 1.84. The van der Waals surface area contributed by atoms with Crippen LogP contribution >= 0.6 is 27.5 Å². The molecule has 2 aromatic carbocycles. The van der Waals surface area contributed by atoms with Crippen LogP contribution in [-0.4, -0.2) is 20.3 Å². The topological polar surface area (TPSA) is 30.5 Å². The van der Waals surface area contributed by atoms with Gasteiger partial charge in [0.1, 0.15) is 24.7 Å². The Hall–Kier alpha value is -1.23. The summed E-state index contributed by atoms with van der Waals surface area (Å²) in [5, 5.41) is 3.81. The van der Waals surface area contributed by atoms with Gasteiger partial charge < -0.3 is 14.8 Å². The molecule has 0 aromatic heterocycles. The Morgan fingerprint density at radius 2 is 1.76 bits per heavy atom. The van der Waals surface area contributed by atoms with Gasteiger partial charge in [0.05, 0.1) is 0 Å². The summed E-state index contributed by atoms with van der Waals surface area (Å²) in [7, 11) is 1.89. The van der Waals surface area contributed by atoms with E-state index in [-0.39, 0.29) is 0 Å². The largest absolute Gasteiger partial charge is 0.490 e. The molecule has 0 aliphatic carbocycles. The zero-order chi connectivity index (χ0) is 15.1. The van der Waals surface area contributed by atoms with E-state index in [1.54, 1.807) is 0 Å². The summed E-state index contributed by atoms with van der Waals surface area (Å²) in [6.07, 6.45) is 0. The SMILES string of the molecule is CNCc1cc(Cl)ccc1OCCOc1ccc(Br)cc1. The quantitative estimate of drug-likeness (QED) is 0.738. The lowest BCUT2D eigenvalue weighted by molar-refractivity contribution is 0.215. The molecule has 2 aromatic rings. The van der Waals surface area contributed by atoms with E-state index in [9.17, 15) is 0 Å². The van der Waals surface area contributed by atoms with E-state index in [0.29, 0.717) is 24.8 Å². The molecule has 5 heteroatoms. The van der Waals surface area contributed by atoms with E-state index in [2.05, 4.69) is 21.2 Å². The molecule has 21 heavy (non-hydrogen) atoms. The second-order valence-corrected chi connectivity index (χ2v) is 5.79. The first-order chi connectivity index (χ1) is 10.2. The molecule has 0 radical (unpaired) electrons. The number of ether oxygens (including phenoxy) is 2. The van der Waals surface area contributed by atoms with Gasteiger partial charge in [0.25, 0.3) is 0 Å². The van der Waals surface area contributed by atoms with Crippen molar-refractivity contribution in [1.82, 2.24) is 5.32 Å². The molecule has 0 aliphatic heterocycles. The lowest BCUT2D eigenvalue weighted by Gasteiger charge is -2.12. The minimum atomic E-state index is 0.481. The first kappa shape index (κ1) is 16.1. The van der Waals surface area contributed by atoms with Gasteiger partial charge in [-0.1, -0.05) is 27.5 Å². The average Bonchev–Trinajstić information content (AvgIpc) is 2.48. The second kappa shape index (κ2) is 8.27. The Morgan fingerprint density at radius 3 is 2.48 bits per heavy atom. The molecule has 0 aliphatic rings. The fraction of sp³-hybridized carbons (Fsp3) is 0.250. The van der Waals surface area contributed by atoms with E-state index in [1.807, 2.05) is 49.5 Å². The molecule has 0 amide bonds. The van der Waals surface area contributed by atoms with Gasteiger partial charge in [0.15, 0.2) is 0 Å². The van der Waals surface area contributed by atoms with Crippen LogP contribution < -0.4 is 14.8 Å².